The van der Waals surface area contributed by atoms with Gasteiger partial charge in [-0.3, -0.25) is 9.69 Å². The highest BCUT2D eigenvalue weighted by molar-refractivity contribution is 5.83. The SMILES string of the molecule is C/C=C(CN(C)CC1N(CC=O)C(=O)CN(C)N1C(N)=O)\C(F)=C/C(C)F.CC.CC.CC1CO1.c1ccccc1. The van der Waals surface area contributed by atoms with E-state index in [0.717, 1.165) is 12.7 Å². The van der Waals surface area contributed by atoms with Crippen LogP contribution in [0.4, 0.5) is 13.6 Å². The number of epoxide rings is 1. The standard InChI is InChI=1S/C17H27F2N5O3.C6H6.C3H6O.2C2H6/c1-5-13(14(19)8-12(2)18)9-21(3)10-15-23(6-7-25)16(26)11-22(4)24(15)17(20)27;1-2-4-6-5-3-1;1-3-2-4-3;2*1-2/h5,7-8,12,15H,6,9-11H2,1-4H3,(H2,20,27);1-6H;3H,2H2,1H3;2*1-2H3/b13-5-,14-8+;;;;. The number of carbonyl (C=O) groups excluding carboxylic acids is 3. The minimum atomic E-state index is -1.43. The van der Waals surface area contributed by atoms with Crippen molar-refractivity contribution in [3.63, 3.8) is 0 Å². The molecule has 3 amide bonds. The van der Waals surface area contributed by atoms with Crippen molar-refractivity contribution < 1.29 is 27.9 Å². The first kappa shape index (κ1) is 40.0. The van der Waals surface area contributed by atoms with Crippen LogP contribution in [0.15, 0.2) is 60.0 Å². The molecule has 0 radical (unpaired) electrons. The number of nitrogens with zero attached hydrogens (tertiary/aromatic N) is 4. The molecule has 2 N–H and O–H groups in total. The van der Waals surface area contributed by atoms with Gasteiger partial charge in [0.05, 0.1) is 25.8 Å². The Bertz CT molecular complexity index is 885. The number of aldehydes is 1. The van der Waals surface area contributed by atoms with Gasteiger partial charge in [0.25, 0.3) is 0 Å². The van der Waals surface area contributed by atoms with Crippen molar-refractivity contribution in [3.8, 4) is 0 Å². The Hall–Kier alpha value is -3.15. The lowest BCUT2D eigenvalue weighted by Gasteiger charge is -2.47. The number of hydrogen-bond donors (Lipinski definition) is 1. The van der Waals surface area contributed by atoms with Gasteiger partial charge >= 0.3 is 6.03 Å². The van der Waals surface area contributed by atoms with Crippen molar-refractivity contribution in [3.05, 3.63) is 60.0 Å². The summed E-state index contributed by atoms with van der Waals surface area (Å²) in [6, 6.07) is 11.2. The first-order chi connectivity index (χ1) is 19.5. The van der Waals surface area contributed by atoms with E-state index in [0.29, 0.717) is 12.4 Å². The summed E-state index contributed by atoms with van der Waals surface area (Å²) in [6.45, 7) is 13.8. The third-order valence-corrected chi connectivity index (χ3v) is 5.30. The summed E-state index contributed by atoms with van der Waals surface area (Å²) in [6.07, 6.45) is 1.29. The van der Waals surface area contributed by atoms with Gasteiger partial charge in [-0.15, -0.1) is 0 Å². The van der Waals surface area contributed by atoms with Crippen molar-refractivity contribution in [2.45, 2.75) is 66.9 Å². The van der Waals surface area contributed by atoms with E-state index in [2.05, 4.69) is 6.92 Å². The maximum Gasteiger partial charge on any atom is 0.331 e. The van der Waals surface area contributed by atoms with Crippen LogP contribution in [0.5, 0.6) is 0 Å². The normalized spacial score (nSPS) is 19.2. The molecular weight excluding hydrogens is 532 g/mol. The van der Waals surface area contributed by atoms with Crippen molar-refractivity contribution in [1.29, 1.82) is 0 Å². The third kappa shape index (κ3) is 17.3. The second-order valence-corrected chi connectivity index (χ2v) is 8.69. The highest BCUT2D eigenvalue weighted by atomic mass is 19.1. The molecule has 9 nitrogen and oxygen atoms in total. The van der Waals surface area contributed by atoms with Gasteiger partial charge in [0.2, 0.25) is 5.91 Å². The van der Waals surface area contributed by atoms with Crippen LogP contribution in [0.25, 0.3) is 0 Å². The van der Waals surface area contributed by atoms with E-state index in [9.17, 15) is 23.2 Å². The van der Waals surface area contributed by atoms with Gasteiger partial charge in [-0.25, -0.2) is 23.6 Å². The fraction of sp³-hybridized carbons (Fsp3) is 0.567. The molecule has 0 spiro atoms. The zero-order valence-corrected chi connectivity index (χ0v) is 26.2. The highest BCUT2D eigenvalue weighted by Gasteiger charge is 2.39. The number of halogens is 2. The van der Waals surface area contributed by atoms with E-state index >= 15 is 0 Å². The molecule has 0 aromatic heterocycles. The number of carbonyl (C=O) groups is 3. The number of primary amides is 1. The van der Waals surface area contributed by atoms with E-state index in [4.69, 9.17) is 10.5 Å². The molecule has 1 aromatic rings. The molecule has 2 heterocycles. The molecule has 41 heavy (non-hydrogen) atoms. The van der Waals surface area contributed by atoms with E-state index < -0.39 is 24.2 Å². The summed E-state index contributed by atoms with van der Waals surface area (Å²) in [4.78, 5) is 38.0. The summed E-state index contributed by atoms with van der Waals surface area (Å²) in [5.41, 5.74) is 5.70. The fourth-order valence-corrected chi connectivity index (χ4v) is 3.41. The number of benzene rings is 1. The first-order valence-corrected chi connectivity index (χ1v) is 14.0. The lowest BCUT2D eigenvalue weighted by molar-refractivity contribution is -0.164. The van der Waals surface area contributed by atoms with Crippen LogP contribution >= 0.6 is 0 Å². The Labute approximate surface area is 245 Å². The summed E-state index contributed by atoms with van der Waals surface area (Å²) >= 11 is 0. The molecule has 2 saturated heterocycles. The van der Waals surface area contributed by atoms with Crippen LogP contribution in [0, 0.1) is 0 Å². The number of urea groups is 1. The van der Waals surface area contributed by atoms with Crippen molar-refractivity contribution in [2.24, 2.45) is 5.73 Å². The number of alkyl halides is 1. The summed E-state index contributed by atoms with van der Waals surface area (Å²) in [5, 5.41) is 2.57. The largest absolute Gasteiger partial charge is 0.373 e. The Balaban J connectivity index is 0. The maximum absolute atomic E-state index is 14.1. The lowest BCUT2D eigenvalue weighted by atomic mass is 10.1. The fourth-order valence-electron chi connectivity index (χ4n) is 3.41. The van der Waals surface area contributed by atoms with Gasteiger partial charge in [0.1, 0.15) is 24.5 Å². The summed E-state index contributed by atoms with van der Waals surface area (Å²) in [5.74, 6) is -1.00. The Morgan fingerprint density at radius 2 is 1.63 bits per heavy atom. The molecule has 3 rings (SSSR count). The minimum absolute atomic E-state index is 0.0944. The van der Waals surface area contributed by atoms with E-state index in [-0.39, 0.29) is 37.7 Å². The van der Waals surface area contributed by atoms with Crippen LogP contribution < -0.4 is 5.73 Å². The second-order valence-electron chi connectivity index (χ2n) is 8.69. The summed E-state index contributed by atoms with van der Waals surface area (Å²) < 4.78 is 31.8. The zero-order chi connectivity index (χ0) is 32.0. The number of hydrogen-bond acceptors (Lipinski definition) is 6. The first-order valence-electron chi connectivity index (χ1n) is 14.0. The van der Waals surface area contributed by atoms with Gasteiger partial charge < -0.3 is 20.2 Å². The van der Waals surface area contributed by atoms with E-state index in [1.165, 1.54) is 35.0 Å². The second kappa shape index (κ2) is 23.5. The van der Waals surface area contributed by atoms with Crippen LogP contribution in [-0.2, 0) is 14.3 Å². The van der Waals surface area contributed by atoms with Crippen LogP contribution in [-0.4, -0.2) is 103 Å². The molecule has 2 aliphatic heterocycles. The molecule has 3 atom stereocenters. The van der Waals surface area contributed by atoms with Crippen LogP contribution in [0.1, 0.15) is 48.5 Å². The van der Waals surface area contributed by atoms with Crippen molar-refractivity contribution in [2.75, 3.05) is 46.9 Å². The average molecular weight is 584 g/mol. The van der Waals surface area contributed by atoms with E-state index in [1.807, 2.05) is 64.1 Å². The molecule has 2 fully saturated rings. The van der Waals surface area contributed by atoms with Gasteiger partial charge in [-0.05, 0) is 39.5 Å². The monoisotopic (exact) mass is 583 g/mol. The number of ether oxygens (including phenoxy) is 1. The maximum atomic E-state index is 14.1. The van der Waals surface area contributed by atoms with Gasteiger partial charge in [0, 0.05) is 20.1 Å². The number of amides is 3. The molecule has 234 valence electrons. The Kier molecular flexibility index (Phi) is 23.0. The quantitative estimate of drug-likeness (QED) is 0.268. The lowest BCUT2D eigenvalue weighted by Crippen LogP contribution is -2.69. The van der Waals surface area contributed by atoms with Crippen LogP contribution in [0.2, 0.25) is 0 Å². The molecule has 0 saturated carbocycles. The average Bonchev–Trinajstić information content (AvgIpc) is 3.74. The molecule has 11 heteroatoms. The number of hydrazine groups is 1. The van der Waals surface area contributed by atoms with E-state index in [1.54, 1.807) is 18.9 Å². The van der Waals surface area contributed by atoms with Gasteiger partial charge in [-0.1, -0.05) is 70.2 Å². The summed E-state index contributed by atoms with van der Waals surface area (Å²) in [7, 11) is 3.20. The molecule has 2 aliphatic rings. The Morgan fingerprint density at radius 3 is 1.98 bits per heavy atom. The number of nitrogens with two attached hydrogens (primary N) is 1. The highest BCUT2D eigenvalue weighted by Crippen LogP contribution is 2.19. The zero-order valence-electron chi connectivity index (χ0n) is 26.2. The van der Waals surface area contributed by atoms with Crippen molar-refractivity contribution >= 4 is 18.2 Å². The number of allylic oxidation sites excluding steroid dienone is 2. The minimum Gasteiger partial charge on any atom is -0.373 e. The Morgan fingerprint density at radius 1 is 1.17 bits per heavy atom. The molecule has 0 bridgehead atoms. The van der Waals surface area contributed by atoms with Crippen molar-refractivity contribution in [1.82, 2.24) is 19.8 Å². The molecule has 3 unspecified atom stereocenters. The molecule has 1 aromatic carbocycles. The predicted octanol–water partition coefficient (Wildman–Crippen LogP) is 4.81. The third-order valence-electron chi connectivity index (χ3n) is 5.30. The van der Waals surface area contributed by atoms with Gasteiger partial charge in [0.15, 0.2) is 0 Å². The topological polar surface area (TPSA) is 103 Å². The predicted molar refractivity (Wildman–Crippen MR) is 161 cm³/mol. The number of likely N-dealkylation sites (N-methyl/N-ethyl adjacent to an activating group) is 2. The number of rotatable bonds is 8. The molecular formula is C30H51F2N5O4. The molecule has 0 aliphatic carbocycles. The van der Waals surface area contributed by atoms with Crippen LogP contribution in [0.3, 0.4) is 0 Å². The van der Waals surface area contributed by atoms with Gasteiger partial charge in [-0.2, -0.15) is 0 Å². The smallest absolute Gasteiger partial charge is 0.331 e.